The standard InChI is InChI=1S/C35H35FN3O10P3/c1-40-26-6-16-31(17-7-26)45-50(36)37-51(46-32-18-8-27(41-2)9-19-32,47-33-20-10-28(42-3)11-21-33)39-52(38-50,48-34-22-12-29(43-4)13-23-34)49-35-24-14-30(44-5)15-25-35/h6-25H,1-5H3. The van der Waals surface area contributed by atoms with Crippen LogP contribution in [0.4, 0.5) is 4.20 Å². The van der Waals surface area contributed by atoms with E-state index in [1.165, 1.54) is 47.7 Å². The molecule has 0 aromatic heterocycles. The van der Waals surface area contributed by atoms with Crippen LogP contribution in [0, 0.1) is 0 Å². The van der Waals surface area contributed by atoms with Gasteiger partial charge in [-0.15, -0.1) is 13.2 Å². The summed E-state index contributed by atoms with van der Waals surface area (Å²) in [5.74, 6) is 3.82. The Morgan fingerprint density at radius 1 is 0.308 bits per heavy atom. The lowest BCUT2D eigenvalue weighted by molar-refractivity contribution is 0.411. The number of benzene rings is 5. The number of halogens is 1. The molecule has 1 unspecified atom stereocenters. The number of ether oxygens (including phenoxy) is 5. The third kappa shape index (κ3) is 8.95. The van der Waals surface area contributed by atoms with Gasteiger partial charge in [-0.05, 0) is 121 Å². The van der Waals surface area contributed by atoms with Crippen LogP contribution in [0.1, 0.15) is 0 Å². The van der Waals surface area contributed by atoms with Crippen LogP contribution in [0.5, 0.6) is 57.5 Å². The van der Waals surface area contributed by atoms with E-state index in [2.05, 4.69) is 9.03 Å². The first-order valence-electron chi connectivity index (χ1n) is 15.5. The number of hydrogen-bond donors (Lipinski definition) is 0. The van der Waals surface area contributed by atoms with Crippen molar-refractivity contribution in [3.63, 3.8) is 0 Å². The van der Waals surface area contributed by atoms with Gasteiger partial charge in [0.15, 0.2) is 0 Å². The fourth-order valence-electron chi connectivity index (χ4n) is 4.56. The molecule has 1 atom stereocenters. The van der Waals surface area contributed by atoms with Crippen molar-refractivity contribution in [1.29, 1.82) is 0 Å². The number of hydrogen-bond acceptors (Lipinski definition) is 13. The summed E-state index contributed by atoms with van der Waals surface area (Å²) in [4.78, 5) is 0. The molecule has 52 heavy (non-hydrogen) atoms. The fraction of sp³-hybridized carbons (Fsp3) is 0.143. The highest BCUT2D eigenvalue weighted by Crippen LogP contribution is 2.79. The minimum atomic E-state index is -4.85. The van der Waals surface area contributed by atoms with Crippen LogP contribution in [-0.4, -0.2) is 35.5 Å². The van der Waals surface area contributed by atoms with Gasteiger partial charge < -0.3 is 46.3 Å². The van der Waals surface area contributed by atoms with Gasteiger partial charge in [-0.3, -0.25) is 0 Å². The molecule has 0 spiro atoms. The molecule has 0 N–H and O–H groups in total. The van der Waals surface area contributed by atoms with Crippen molar-refractivity contribution in [3.05, 3.63) is 121 Å². The molecular formula is C35H35FN3O10P3. The Morgan fingerprint density at radius 3 is 0.769 bits per heavy atom. The van der Waals surface area contributed by atoms with E-state index in [-0.39, 0.29) is 28.7 Å². The average molecular weight is 770 g/mol. The highest BCUT2D eigenvalue weighted by molar-refractivity contribution is 7.78. The minimum Gasteiger partial charge on any atom is -0.497 e. The smallest absolute Gasteiger partial charge is 0.460 e. The minimum absolute atomic E-state index is 0.102. The maximum absolute atomic E-state index is 17.8. The first-order chi connectivity index (χ1) is 25.2. The van der Waals surface area contributed by atoms with Gasteiger partial charge in [-0.1, -0.05) is 4.52 Å². The molecule has 1 aliphatic rings. The second kappa shape index (κ2) is 15.9. The van der Waals surface area contributed by atoms with Gasteiger partial charge >= 0.3 is 23.1 Å². The highest BCUT2D eigenvalue weighted by atomic mass is 31.3. The van der Waals surface area contributed by atoms with Gasteiger partial charge in [0.2, 0.25) is 0 Å². The Hall–Kier alpha value is -5.28. The van der Waals surface area contributed by atoms with Gasteiger partial charge in [0.1, 0.15) is 57.5 Å². The lowest BCUT2D eigenvalue weighted by atomic mass is 10.3. The van der Waals surface area contributed by atoms with Crippen LogP contribution in [-0.2, 0) is 0 Å². The largest absolute Gasteiger partial charge is 0.497 e. The molecule has 272 valence electrons. The molecule has 0 aliphatic carbocycles. The van der Waals surface area contributed by atoms with Crippen LogP contribution < -0.4 is 46.3 Å². The molecule has 0 saturated carbocycles. The molecule has 6 rings (SSSR count). The summed E-state index contributed by atoms with van der Waals surface area (Å²) in [6, 6.07) is 32.6. The Labute approximate surface area is 300 Å². The monoisotopic (exact) mass is 769 g/mol. The fourth-order valence-corrected chi connectivity index (χ4v) is 12.8. The molecule has 17 heteroatoms. The molecule has 0 amide bonds. The van der Waals surface area contributed by atoms with Gasteiger partial charge in [0.05, 0.1) is 35.5 Å². The third-order valence-corrected chi connectivity index (χ3v) is 14.7. The SMILES string of the molecule is COc1ccc(OP2(F)=NP(Oc3ccc(OC)cc3)(Oc3ccc(OC)cc3)=NP(Oc3ccc(OC)cc3)(Oc3ccc(OC)cc3)=N2)cc1. The summed E-state index contributed by atoms with van der Waals surface area (Å²) in [5.41, 5.74) is 0. The molecule has 13 nitrogen and oxygen atoms in total. The lowest BCUT2D eigenvalue weighted by Gasteiger charge is -2.31. The van der Waals surface area contributed by atoms with Crippen LogP contribution in [0.3, 0.4) is 0 Å². The van der Waals surface area contributed by atoms with Crippen molar-refractivity contribution >= 4 is 23.1 Å². The maximum Gasteiger partial charge on any atom is 0.460 e. The molecular weight excluding hydrogens is 734 g/mol. The summed E-state index contributed by atoms with van der Waals surface area (Å²) in [5, 5.41) is 0. The van der Waals surface area contributed by atoms with Crippen LogP contribution in [0.25, 0.3) is 0 Å². The summed E-state index contributed by atoms with van der Waals surface area (Å²) in [6.45, 7) is 0. The Morgan fingerprint density at radius 2 is 0.519 bits per heavy atom. The topological polar surface area (TPSA) is 129 Å². The second-order valence-corrected chi connectivity index (χ2v) is 16.5. The Kier molecular flexibility index (Phi) is 11.2. The van der Waals surface area contributed by atoms with Crippen LogP contribution in [0.15, 0.2) is 135 Å². The van der Waals surface area contributed by atoms with Gasteiger partial charge in [0, 0.05) is 0 Å². The molecule has 0 saturated heterocycles. The zero-order valence-corrected chi connectivity index (χ0v) is 31.4. The van der Waals surface area contributed by atoms with Gasteiger partial charge in [0.25, 0.3) is 0 Å². The van der Waals surface area contributed by atoms with E-state index in [4.69, 9.17) is 50.8 Å². The zero-order valence-electron chi connectivity index (χ0n) is 28.7. The van der Waals surface area contributed by atoms with Crippen LogP contribution >= 0.6 is 23.1 Å². The van der Waals surface area contributed by atoms with Crippen molar-refractivity contribution < 1.29 is 50.5 Å². The molecule has 5 aromatic carbocycles. The van der Waals surface area contributed by atoms with Crippen molar-refractivity contribution in [2.45, 2.75) is 0 Å². The first-order valence-corrected chi connectivity index (χ1v) is 20.0. The Balaban J connectivity index is 1.60. The molecule has 1 heterocycles. The van der Waals surface area contributed by atoms with E-state index in [0.717, 1.165) is 0 Å². The number of rotatable bonds is 15. The van der Waals surface area contributed by atoms with Crippen LogP contribution in [0.2, 0.25) is 0 Å². The summed E-state index contributed by atoms with van der Waals surface area (Å²) < 4.78 is 90.3. The van der Waals surface area contributed by atoms with E-state index in [1.807, 2.05) is 0 Å². The second-order valence-electron chi connectivity index (χ2n) is 10.6. The summed E-state index contributed by atoms with van der Waals surface area (Å²) >= 11 is 0. The lowest BCUT2D eigenvalue weighted by Crippen LogP contribution is -2.08. The average Bonchev–Trinajstić information content (AvgIpc) is 3.16. The number of nitrogens with zero attached hydrogens (tertiary/aromatic N) is 3. The molecule has 0 radical (unpaired) electrons. The van der Waals surface area contributed by atoms with E-state index >= 15 is 4.20 Å². The third-order valence-electron chi connectivity index (χ3n) is 7.09. The molecule has 1 aliphatic heterocycles. The van der Waals surface area contributed by atoms with E-state index in [1.54, 1.807) is 109 Å². The van der Waals surface area contributed by atoms with Crippen molar-refractivity contribution in [2.75, 3.05) is 35.5 Å². The van der Waals surface area contributed by atoms with Gasteiger partial charge in [-0.25, -0.2) is 0 Å². The van der Waals surface area contributed by atoms with E-state index in [9.17, 15) is 0 Å². The van der Waals surface area contributed by atoms with Crippen molar-refractivity contribution in [1.82, 2.24) is 0 Å². The quantitative estimate of drug-likeness (QED) is 0.0948. The molecule has 5 aromatic rings. The van der Waals surface area contributed by atoms with E-state index < -0.39 is 23.1 Å². The molecule has 0 fully saturated rings. The Bertz CT molecular complexity index is 1930. The van der Waals surface area contributed by atoms with E-state index in [0.29, 0.717) is 28.7 Å². The summed E-state index contributed by atoms with van der Waals surface area (Å²) in [7, 11) is -5.65. The summed E-state index contributed by atoms with van der Waals surface area (Å²) in [6.07, 6.45) is 0. The predicted octanol–water partition coefficient (Wildman–Crippen LogP) is 11.2. The predicted molar refractivity (Wildman–Crippen MR) is 197 cm³/mol. The maximum atomic E-state index is 17.8. The van der Waals surface area contributed by atoms with Crippen molar-refractivity contribution in [2.24, 2.45) is 13.5 Å². The zero-order chi connectivity index (χ0) is 36.6. The van der Waals surface area contributed by atoms with Crippen molar-refractivity contribution in [3.8, 4) is 57.5 Å². The normalized spacial score (nSPS) is 16.7. The highest BCUT2D eigenvalue weighted by Gasteiger charge is 2.47. The number of methoxy groups -OCH3 is 5. The first kappa shape index (κ1) is 36.5. The van der Waals surface area contributed by atoms with Gasteiger partial charge in [-0.2, -0.15) is 0 Å². The molecule has 0 bridgehead atoms.